The van der Waals surface area contributed by atoms with Gasteiger partial charge in [0.25, 0.3) is 11.8 Å². The van der Waals surface area contributed by atoms with E-state index in [1.54, 1.807) is 43.5 Å². The molecule has 4 aromatic carbocycles. The molecule has 0 spiro atoms. The van der Waals surface area contributed by atoms with Crippen LogP contribution in [0.15, 0.2) is 103 Å². The summed E-state index contributed by atoms with van der Waals surface area (Å²) in [6.45, 7) is 2.18. The van der Waals surface area contributed by atoms with E-state index in [1.807, 2.05) is 73.7 Å². The highest BCUT2D eigenvalue weighted by Crippen LogP contribution is 2.29. The van der Waals surface area contributed by atoms with Gasteiger partial charge >= 0.3 is 5.97 Å². The van der Waals surface area contributed by atoms with E-state index in [2.05, 4.69) is 5.32 Å². The number of carbonyl (C=O) groups excluding carboxylic acids is 2. The smallest absolute Gasteiger partial charge is 0.305 e. The maximum atomic E-state index is 13.9. The zero-order valence-electron chi connectivity index (χ0n) is 22.5. The minimum absolute atomic E-state index is 0.0330. The quantitative estimate of drug-likeness (QED) is 0.246. The van der Waals surface area contributed by atoms with E-state index >= 15 is 0 Å². The Morgan fingerprint density at radius 1 is 0.800 bits per heavy atom. The third-order valence-corrected chi connectivity index (χ3v) is 6.68. The fraction of sp³-hybridized carbons (Fsp3) is 0.182. The molecule has 4 rings (SSSR count). The van der Waals surface area contributed by atoms with Crippen LogP contribution in [-0.2, 0) is 11.3 Å². The zero-order valence-corrected chi connectivity index (χ0v) is 22.5. The van der Waals surface area contributed by atoms with Gasteiger partial charge in [0.15, 0.2) is 0 Å². The average Bonchev–Trinajstić information content (AvgIpc) is 2.99. The Labute approximate surface area is 234 Å². The molecule has 0 fully saturated rings. The monoisotopic (exact) mass is 536 g/mol. The highest BCUT2D eigenvalue weighted by molar-refractivity contribution is 6.06. The highest BCUT2D eigenvalue weighted by atomic mass is 16.5. The molecule has 0 aliphatic heterocycles. The van der Waals surface area contributed by atoms with Crippen molar-refractivity contribution in [3.05, 3.63) is 125 Å². The molecule has 0 radical (unpaired) electrons. The van der Waals surface area contributed by atoms with Crippen molar-refractivity contribution in [1.82, 2.24) is 10.2 Å². The summed E-state index contributed by atoms with van der Waals surface area (Å²) in [5, 5.41) is 12.4. The lowest BCUT2D eigenvalue weighted by Gasteiger charge is -2.24. The summed E-state index contributed by atoms with van der Waals surface area (Å²) in [6, 6.07) is 31.0. The molecular weight excluding hydrogens is 504 g/mol. The van der Waals surface area contributed by atoms with E-state index in [1.165, 1.54) is 4.90 Å². The molecule has 2 N–H and O–H groups in total. The van der Waals surface area contributed by atoms with E-state index in [0.29, 0.717) is 28.0 Å². The summed E-state index contributed by atoms with van der Waals surface area (Å²) in [5.41, 5.74) is 3.87. The van der Waals surface area contributed by atoms with Gasteiger partial charge in [-0.1, -0.05) is 78.9 Å². The van der Waals surface area contributed by atoms with Crippen LogP contribution < -0.4 is 10.1 Å². The number of carboxylic acid groups (broad SMARTS) is 1. The fourth-order valence-electron chi connectivity index (χ4n) is 4.52. The highest BCUT2D eigenvalue weighted by Gasteiger charge is 2.23. The Bertz CT molecular complexity index is 1470. The second kappa shape index (κ2) is 13.2. The van der Waals surface area contributed by atoms with Gasteiger partial charge in [-0.2, -0.15) is 0 Å². The van der Waals surface area contributed by atoms with Crippen molar-refractivity contribution in [2.45, 2.75) is 25.9 Å². The van der Waals surface area contributed by atoms with E-state index in [4.69, 9.17) is 4.74 Å². The molecule has 0 aromatic heterocycles. The van der Waals surface area contributed by atoms with Crippen molar-refractivity contribution in [3.63, 3.8) is 0 Å². The summed E-state index contributed by atoms with van der Waals surface area (Å²) in [7, 11) is 1.58. The Balaban J connectivity index is 1.66. The number of carbonyl (C=O) groups is 3. The predicted octanol–water partition coefficient (Wildman–Crippen LogP) is 5.97. The number of benzene rings is 4. The molecule has 2 amide bonds. The molecule has 7 heteroatoms. The van der Waals surface area contributed by atoms with Crippen molar-refractivity contribution in [1.29, 1.82) is 0 Å². The van der Waals surface area contributed by atoms with Crippen molar-refractivity contribution >= 4 is 17.8 Å². The van der Waals surface area contributed by atoms with Crippen LogP contribution in [0, 0.1) is 0 Å². The number of hydrogen-bond donors (Lipinski definition) is 2. The van der Waals surface area contributed by atoms with E-state index < -0.39 is 5.97 Å². The zero-order chi connectivity index (χ0) is 28.5. The van der Waals surface area contributed by atoms with Crippen LogP contribution in [0.4, 0.5) is 0 Å². The third-order valence-electron chi connectivity index (χ3n) is 6.68. The molecule has 4 aromatic rings. The van der Waals surface area contributed by atoms with Crippen LogP contribution in [0.3, 0.4) is 0 Å². The van der Waals surface area contributed by atoms with Crippen LogP contribution in [0.5, 0.6) is 5.75 Å². The summed E-state index contributed by atoms with van der Waals surface area (Å²) in [4.78, 5) is 40.3. The Kier molecular flexibility index (Phi) is 9.31. The number of ether oxygens (including phenoxy) is 1. The summed E-state index contributed by atoms with van der Waals surface area (Å²) < 4.78 is 5.22. The van der Waals surface area contributed by atoms with Gasteiger partial charge in [-0.3, -0.25) is 14.4 Å². The van der Waals surface area contributed by atoms with Gasteiger partial charge in [0.2, 0.25) is 0 Å². The van der Waals surface area contributed by atoms with Gasteiger partial charge < -0.3 is 20.1 Å². The number of hydrogen-bond acceptors (Lipinski definition) is 4. The number of nitrogens with one attached hydrogen (secondary N) is 1. The van der Waals surface area contributed by atoms with Gasteiger partial charge in [0.1, 0.15) is 5.75 Å². The molecular formula is C33H32N2O5. The predicted molar refractivity (Wildman–Crippen MR) is 154 cm³/mol. The molecule has 0 saturated heterocycles. The Morgan fingerprint density at radius 3 is 2.00 bits per heavy atom. The van der Waals surface area contributed by atoms with E-state index in [9.17, 15) is 19.5 Å². The maximum Gasteiger partial charge on any atom is 0.305 e. The molecule has 0 aliphatic carbocycles. The first kappa shape index (κ1) is 28.1. The molecule has 0 bridgehead atoms. The standard InChI is InChI=1S/C33H32N2O5/c1-23(25-10-4-3-5-11-25)34-32(38)29-14-8-6-12-27(29)28-13-7-9-15-30(28)33(39)35(21-20-31(36)37)22-24-16-18-26(40-2)19-17-24/h3-19,23H,20-22H2,1-2H3,(H,34,38)(H,36,37). The van der Waals surface area contributed by atoms with Gasteiger partial charge in [-0.05, 0) is 53.4 Å². The molecule has 0 aliphatic rings. The summed E-state index contributed by atoms with van der Waals surface area (Å²) in [5.74, 6) is -0.875. The molecule has 0 saturated carbocycles. The number of aliphatic carboxylic acids is 1. The number of carboxylic acids is 1. The van der Waals surface area contributed by atoms with Gasteiger partial charge in [0.05, 0.1) is 19.6 Å². The average molecular weight is 537 g/mol. The first-order chi connectivity index (χ1) is 19.4. The molecule has 204 valence electrons. The van der Waals surface area contributed by atoms with E-state index in [0.717, 1.165) is 11.1 Å². The number of rotatable bonds is 11. The van der Waals surface area contributed by atoms with Crippen LogP contribution in [-0.4, -0.2) is 41.4 Å². The Morgan fingerprint density at radius 2 is 1.38 bits per heavy atom. The van der Waals surface area contributed by atoms with Gasteiger partial charge in [-0.15, -0.1) is 0 Å². The van der Waals surface area contributed by atoms with E-state index in [-0.39, 0.29) is 37.4 Å². The van der Waals surface area contributed by atoms with Gasteiger partial charge in [0, 0.05) is 24.2 Å². The molecule has 1 unspecified atom stereocenters. The molecule has 0 heterocycles. The van der Waals surface area contributed by atoms with Crippen molar-refractivity contribution in [2.24, 2.45) is 0 Å². The minimum atomic E-state index is -0.990. The lowest BCUT2D eigenvalue weighted by Crippen LogP contribution is -2.33. The van der Waals surface area contributed by atoms with Crippen LogP contribution in [0.25, 0.3) is 11.1 Å². The van der Waals surface area contributed by atoms with Gasteiger partial charge in [-0.25, -0.2) is 0 Å². The normalized spacial score (nSPS) is 11.3. The van der Waals surface area contributed by atoms with Crippen molar-refractivity contribution < 1.29 is 24.2 Å². The minimum Gasteiger partial charge on any atom is -0.497 e. The van der Waals surface area contributed by atoms with Crippen LogP contribution in [0.2, 0.25) is 0 Å². The first-order valence-corrected chi connectivity index (χ1v) is 13.1. The topological polar surface area (TPSA) is 95.9 Å². The molecule has 7 nitrogen and oxygen atoms in total. The SMILES string of the molecule is COc1ccc(CN(CCC(=O)O)C(=O)c2ccccc2-c2ccccc2C(=O)NC(C)c2ccccc2)cc1. The van der Waals surface area contributed by atoms with Crippen molar-refractivity contribution in [2.75, 3.05) is 13.7 Å². The number of amides is 2. The van der Waals surface area contributed by atoms with Crippen molar-refractivity contribution in [3.8, 4) is 16.9 Å². The van der Waals surface area contributed by atoms with Crippen LogP contribution >= 0.6 is 0 Å². The van der Waals surface area contributed by atoms with Crippen LogP contribution in [0.1, 0.15) is 51.2 Å². The lowest BCUT2D eigenvalue weighted by atomic mass is 9.94. The molecule has 40 heavy (non-hydrogen) atoms. The fourth-order valence-corrected chi connectivity index (χ4v) is 4.52. The largest absolute Gasteiger partial charge is 0.497 e. The Hall–Kier alpha value is -4.91. The molecule has 1 atom stereocenters. The third kappa shape index (κ3) is 6.94. The number of nitrogens with zero attached hydrogens (tertiary/aromatic N) is 1. The lowest BCUT2D eigenvalue weighted by molar-refractivity contribution is -0.137. The number of methoxy groups -OCH3 is 1. The maximum absolute atomic E-state index is 13.9. The second-order valence-corrected chi connectivity index (χ2v) is 9.42. The summed E-state index contributed by atoms with van der Waals surface area (Å²) in [6.07, 6.45) is -0.194. The second-order valence-electron chi connectivity index (χ2n) is 9.42. The first-order valence-electron chi connectivity index (χ1n) is 13.1. The summed E-state index contributed by atoms with van der Waals surface area (Å²) >= 11 is 0.